The number of nitrogens with zero attached hydrogens (tertiary/aromatic N) is 2. The van der Waals surface area contributed by atoms with Gasteiger partial charge in [0.25, 0.3) is 0 Å². The smallest absolute Gasteiger partial charge is 0.305 e. The highest BCUT2D eigenvalue weighted by Crippen LogP contribution is 2.37. The lowest BCUT2D eigenvalue weighted by Gasteiger charge is -2.37. The number of anilines is 1. The molecule has 2 N–H and O–H groups in total. The molecule has 7 heteroatoms. The summed E-state index contributed by atoms with van der Waals surface area (Å²) in [4.78, 5) is 19.2. The molecule has 6 nitrogen and oxygen atoms in total. The number of hydrogen-bond acceptors (Lipinski definition) is 5. The first-order chi connectivity index (χ1) is 15.5. The minimum absolute atomic E-state index is 0.0259. The lowest BCUT2D eigenvalue weighted by molar-refractivity contribution is -0.138. The number of aliphatic carboxylic acids is 1. The number of fused-ring (bicyclic) bond motifs is 1. The molecule has 164 valence electrons. The Kier molecular flexibility index (Phi) is 6.78. The van der Waals surface area contributed by atoms with Gasteiger partial charge in [0.05, 0.1) is 6.42 Å². The number of rotatable bonds is 8. The summed E-state index contributed by atoms with van der Waals surface area (Å²) < 4.78 is 5.58. The summed E-state index contributed by atoms with van der Waals surface area (Å²) in [5, 5.41) is 12.9. The number of thiocarbonyl (C=S) groups is 1. The number of ether oxygens (including phenoxy) is 1. The molecule has 2 heterocycles. The molecule has 1 aliphatic rings. The third kappa shape index (κ3) is 5.12. The van der Waals surface area contributed by atoms with E-state index in [1.54, 1.807) is 6.20 Å². The number of carboxylic acid groups (broad SMARTS) is 1. The molecule has 0 fully saturated rings. The normalized spacial score (nSPS) is 14.8. The van der Waals surface area contributed by atoms with Crippen molar-refractivity contribution in [2.45, 2.75) is 32.0 Å². The zero-order valence-electron chi connectivity index (χ0n) is 17.8. The zero-order chi connectivity index (χ0) is 22.5. The van der Waals surface area contributed by atoms with E-state index in [1.165, 1.54) is 0 Å². The standard InChI is InChI=1S/C25H25N3O3S/c1-17(19-10-6-3-7-11-19)28(15-18-8-4-2-5-9-18)22(13-24(29)30)20-12-21-25(26-14-20)31-16-23(32)27-21/h2-12,14,17,22H,13,15-16H2,1H3,(H,27,32)(H,29,30)/t17?,22-/m0/s1. The van der Waals surface area contributed by atoms with E-state index in [-0.39, 0.29) is 12.5 Å². The zero-order valence-corrected chi connectivity index (χ0v) is 18.6. The molecule has 1 aromatic heterocycles. The van der Waals surface area contributed by atoms with Gasteiger partial charge in [0.1, 0.15) is 17.3 Å². The topological polar surface area (TPSA) is 74.7 Å². The summed E-state index contributed by atoms with van der Waals surface area (Å²) >= 11 is 5.24. The molecule has 0 aliphatic carbocycles. The van der Waals surface area contributed by atoms with Crippen molar-refractivity contribution in [2.75, 3.05) is 11.9 Å². The van der Waals surface area contributed by atoms with E-state index in [4.69, 9.17) is 17.0 Å². The van der Waals surface area contributed by atoms with E-state index in [1.807, 2.05) is 42.5 Å². The number of pyridine rings is 1. The first kappa shape index (κ1) is 21.9. The van der Waals surface area contributed by atoms with Crippen LogP contribution in [0.25, 0.3) is 0 Å². The van der Waals surface area contributed by atoms with Gasteiger partial charge >= 0.3 is 5.97 Å². The second kappa shape index (κ2) is 9.89. The summed E-state index contributed by atoms with van der Waals surface area (Å²) in [6.45, 7) is 2.99. The molecule has 0 saturated carbocycles. The van der Waals surface area contributed by atoms with Gasteiger partial charge in [-0.1, -0.05) is 72.9 Å². The van der Waals surface area contributed by atoms with Crippen LogP contribution in [0.15, 0.2) is 72.9 Å². The highest BCUT2D eigenvalue weighted by molar-refractivity contribution is 7.80. The molecule has 2 aromatic carbocycles. The number of carbonyl (C=O) groups is 1. The quantitative estimate of drug-likeness (QED) is 0.471. The Morgan fingerprint density at radius 3 is 2.53 bits per heavy atom. The number of carboxylic acids is 1. The maximum absolute atomic E-state index is 11.9. The van der Waals surface area contributed by atoms with Crippen molar-refractivity contribution in [3.8, 4) is 5.88 Å². The van der Waals surface area contributed by atoms with Gasteiger partial charge in [-0.3, -0.25) is 9.69 Å². The van der Waals surface area contributed by atoms with Crippen LogP contribution >= 0.6 is 12.2 Å². The average Bonchev–Trinajstić information content (AvgIpc) is 2.81. The van der Waals surface area contributed by atoms with Gasteiger partial charge in [0.15, 0.2) is 0 Å². The first-order valence-corrected chi connectivity index (χ1v) is 10.9. The average molecular weight is 448 g/mol. The predicted molar refractivity (Wildman–Crippen MR) is 128 cm³/mol. The lowest BCUT2D eigenvalue weighted by Crippen LogP contribution is -2.33. The largest absolute Gasteiger partial charge is 0.481 e. The van der Waals surface area contributed by atoms with Crippen molar-refractivity contribution in [1.82, 2.24) is 9.88 Å². The summed E-state index contributed by atoms with van der Waals surface area (Å²) in [6, 6.07) is 21.7. The van der Waals surface area contributed by atoms with Gasteiger partial charge in [0.2, 0.25) is 5.88 Å². The van der Waals surface area contributed by atoms with Crippen LogP contribution < -0.4 is 10.1 Å². The van der Waals surface area contributed by atoms with Crippen molar-refractivity contribution < 1.29 is 14.6 Å². The van der Waals surface area contributed by atoms with Crippen molar-refractivity contribution in [1.29, 1.82) is 0 Å². The van der Waals surface area contributed by atoms with Crippen LogP contribution in [-0.4, -0.2) is 32.6 Å². The Hall–Kier alpha value is -3.29. The van der Waals surface area contributed by atoms with Crippen LogP contribution in [0.4, 0.5) is 5.69 Å². The Morgan fingerprint density at radius 2 is 1.84 bits per heavy atom. The van der Waals surface area contributed by atoms with Gasteiger partial charge in [-0.15, -0.1) is 0 Å². The van der Waals surface area contributed by atoms with E-state index in [0.717, 1.165) is 16.7 Å². The number of nitrogens with one attached hydrogen (secondary N) is 1. The number of hydrogen-bond donors (Lipinski definition) is 2. The second-order valence-corrected chi connectivity index (χ2v) is 8.31. The Balaban J connectivity index is 1.76. The molecule has 0 spiro atoms. The summed E-state index contributed by atoms with van der Waals surface area (Å²) in [6.07, 6.45) is 1.65. The Morgan fingerprint density at radius 1 is 1.16 bits per heavy atom. The Bertz CT molecular complexity index is 1090. The van der Waals surface area contributed by atoms with Crippen molar-refractivity contribution in [3.05, 3.63) is 89.6 Å². The molecule has 0 radical (unpaired) electrons. The van der Waals surface area contributed by atoms with Crippen LogP contribution in [0.3, 0.4) is 0 Å². The maximum atomic E-state index is 11.9. The van der Waals surface area contributed by atoms with E-state index in [0.29, 0.717) is 29.7 Å². The highest BCUT2D eigenvalue weighted by atomic mass is 32.1. The third-order valence-electron chi connectivity index (χ3n) is 5.63. The van der Waals surface area contributed by atoms with Gasteiger partial charge < -0.3 is 15.2 Å². The molecule has 0 saturated heterocycles. The molecule has 1 aliphatic heterocycles. The molecule has 2 atom stereocenters. The monoisotopic (exact) mass is 447 g/mol. The molecule has 0 bridgehead atoms. The summed E-state index contributed by atoms with van der Waals surface area (Å²) in [5.74, 6) is -0.395. The summed E-state index contributed by atoms with van der Waals surface area (Å²) in [5.41, 5.74) is 3.69. The van der Waals surface area contributed by atoms with Crippen LogP contribution in [0, 0.1) is 0 Å². The predicted octanol–water partition coefficient (Wildman–Crippen LogP) is 4.99. The number of aromatic nitrogens is 1. The van der Waals surface area contributed by atoms with E-state index < -0.39 is 12.0 Å². The van der Waals surface area contributed by atoms with Crippen LogP contribution in [0.2, 0.25) is 0 Å². The van der Waals surface area contributed by atoms with Crippen molar-refractivity contribution in [3.63, 3.8) is 0 Å². The van der Waals surface area contributed by atoms with E-state index >= 15 is 0 Å². The van der Waals surface area contributed by atoms with E-state index in [9.17, 15) is 9.90 Å². The molecule has 3 aromatic rings. The maximum Gasteiger partial charge on any atom is 0.305 e. The van der Waals surface area contributed by atoms with Crippen LogP contribution in [0.5, 0.6) is 5.88 Å². The van der Waals surface area contributed by atoms with Crippen LogP contribution in [0.1, 0.15) is 42.1 Å². The van der Waals surface area contributed by atoms with Gasteiger partial charge in [0, 0.05) is 24.8 Å². The molecular formula is C25H25N3O3S. The van der Waals surface area contributed by atoms with Crippen molar-refractivity contribution in [2.24, 2.45) is 0 Å². The third-order valence-corrected chi connectivity index (χ3v) is 5.85. The van der Waals surface area contributed by atoms with Gasteiger partial charge in [-0.25, -0.2) is 4.98 Å². The fourth-order valence-corrected chi connectivity index (χ4v) is 4.17. The first-order valence-electron chi connectivity index (χ1n) is 10.5. The molecule has 32 heavy (non-hydrogen) atoms. The fraction of sp³-hybridized carbons (Fsp3) is 0.240. The summed E-state index contributed by atoms with van der Waals surface area (Å²) in [7, 11) is 0. The molecule has 1 unspecified atom stereocenters. The van der Waals surface area contributed by atoms with Gasteiger partial charge in [-0.05, 0) is 29.7 Å². The van der Waals surface area contributed by atoms with Gasteiger partial charge in [-0.2, -0.15) is 0 Å². The highest BCUT2D eigenvalue weighted by Gasteiger charge is 2.30. The fourth-order valence-electron chi connectivity index (χ4n) is 4.00. The molecule has 0 amide bonds. The number of benzene rings is 2. The van der Waals surface area contributed by atoms with Crippen LogP contribution in [-0.2, 0) is 11.3 Å². The lowest BCUT2D eigenvalue weighted by atomic mass is 9.97. The molecular weight excluding hydrogens is 422 g/mol. The SMILES string of the molecule is CC(c1ccccc1)N(Cc1ccccc1)[C@@H](CC(=O)O)c1cnc2c(c1)NC(=S)CO2. The second-order valence-electron chi connectivity index (χ2n) is 7.82. The minimum Gasteiger partial charge on any atom is -0.481 e. The molecule has 4 rings (SSSR count). The van der Waals surface area contributed by atoms with E-state index in [2.05, 4.69) is 46.4 Å². The minimum atomic E-state index is -0.870. The Labute approximate surface area is 192 Å². The van der Waals surface area contributed by atoms with Crippen molar-refractivity contribution >= 4 is 28.9 Å².